The summed E-state index contributed by atoms with van der Waals surface area (Å²) in [7, 11) is 0. The fourth-order valence-electron chi connectivity index (χ4n) is 3.51. The van der Waals surface area contributed by atoms with E-state index in [1.165, 1.54) is 19.1 Å². The number of anilines is 1. The van der Waals surface area contributed by atoms with Crippen LogP contribution in [0.4, 0.5) is 5.69 Å². The van der Waals surface area contributed by atoms with E-state index in [1.807, 2.05) is 0 Å². The monoisotopic (exact) mass is 439 g/mol. The van der Waals surface area contributed by atoms with Crippen molar-refractivity contribution in [1.82, 2.24) is 15.2 Å². The Bertz CT molecular complexity index is 1070. The number of hydrogen-bond donors (Lipinski definition) is 4. The van der Waals surface area contributed by atoms with Crippen molar-refractivity contribution in [3.63, 3.8) is 0 Å². The number of likely N-dealkylation sites (tertiary alicyclic amines) is 1. The van der Waals surface area contributed by atoms with Gasteiger partial charge in [0.15, 0.2) is 0 Å². The molecule has 168 valence electrons. The van der Waals surface area contributed by atoms with Gasteiger partial charge in [0.2, 0.25) is 11.8 Å². The standard InChI is InChI=1S/C19H19N3O5.C3H6N2/c1-11(23)22-10-2-3-16(22)18(25)20-13-6-4-12(5-7-13)15-9-8-14(19(26)27)17(24)21-15;1-2-5-3-4-1/h4-9,16H,2-3,10H2,1H3,(H,20,25)(H,21,24)(H,26,27);3H,1-2H2,(H,4,5)/t16-;/m0./s1. The number of carbonyl (C=O) groups is 3. The van der Waals surface area contributed by atoms with Crippen LogP contribution >= 0.6 is 0 Å². The first-order valence-electron chi connectivity index (χ1n) is 10.2. The highest BCUT2D eigenvalue weighted by Crippen LogP contribution is 2.22. The van der Waals surface area contributed by atoms with Crippen molar-refractivity contribution in [2.45, 2.75) is 25.8 Å². The molecule has 32 heavy (non-hydrogen) atoms. The number of aromatic nitrogens is 1. The summed E-state index contributed by atoms with van der Waals surface area (Å²) >= 11 is 0. The van der Waals surface area contributed by atoms with Gasteiger partial charge in [0, 0.05) is 31.4 Å². The summed E-state index contributed by atoms with van der Waals surface area (Å²) < 4.78 is 0. The number of nitrogens with zero attached hydrogens (tertiary/aromatic N) is 2. The summed E-state index contributed by atoms with van der Waals surface area (Å²) in [6, 6.07) is 9.09. The predicted molar refractivity (Wildman–Crippen MR) is 120 cm³/mol. The Labute approximate surface area is 184 Å². The van der Waals surface area contributed by atoms with Crippen LogP contribution in [-0.2, 0) is 9.59 Å². The summed E-state index contributed by atoms with van der Waals surface area (Å²) in [4.78, 5) is 54.6. The number of carbonyl (C=O) groups excluding carboxylic acids is 2. The van der Waals surface area contributed by atoms with Gasteiger partial charge in [-0.3, -0.25) is 19.4 Å². The lowest BCUT2D eigenvalue weighted by molar-refractivity contribution is -0.134. The number of H-pyrrole nitrogens is 1. The lowest BCUT2D eigenvalue weighted by Gasteiger charge is -2.22. The van der Waals surface area contributed by atoms with Crippen LogP contribution in [0.1, 0.15) is 30.1 Å². The van der Waals surface area contributed by atoms with E-state index in [1.54, 1.807) is 35.5 Å². The maximum absolute atomic E-state index is 12.4. The molecule has 0 radical (unpaired) electrons. The molecule has 1 aromatic heterocycles. The fourth-order valence-corrected chi connectivity index (χ4v) is 3.51. The Morgan fingerprint density at radius 3 is 2.44 bits per heavy atom. The molecule has 4 rings (SSSR count). The number of hydrogen-bond acceptors (Lipinski definition) is 6. The first-order valence-corrected chi connectivity index (χ1v) is 10.2. The number of aliphatic imine (C=N–C) groups is 1. The van der Waals surface area contributed by atoms with Gasteiger partial charge >= 0.3 is 5.97 Å². The molecule has 10 nitrogen and oxygen atoms in total. The first-order chi connectivity index (χ1) is 15.4. The SMILES string of the molecule is C1=NCCN1.CC(=O)N1CCC[C@H]1C(=O)Nc1ccc(-c2ccc(C(=O)O)c(=O)[nH]2)cc1. The zero-order chi connectivity index (χ0) is 23.1. The molecular formula is C22H25N5O5. The van der Waals surface area contributed by atoms with Crippen molar-refractivity contribution in [2.75, 3.05) is 25.0 Å². The minimum absolute atomic E-state index is 0.114. The molecule has 2 aliphatic rings. The van der Waals surface area contributed by atoms with E-state index < -0.39 is 17.6 Å². The van der Waals surface area contributed by atoms with Crippen molar-refractivity contribution in [3.05, 3.63) is 52.3 Å². The number of nitrogens with one attached hydrogen (secondary N) is 3. The molecule has 0 aliphatic carbocycles. The molecular weight excluding hydrogens is 414 g/mol. The molecule has 4 N–H and O–H groups in total. The highest BCUT2D eigenvalue weighted by molar-refractivity contribution is 5.97. The Hall–Kier alpha value is -3.95. The number of carboxylic acid groups (broad SMARTS) is 1. The zero-order valence-electron chi connectivity index (χ0n) is 17.6. The molecule has 1 aromatic carbocycles. The normalized spacial score (nSPS) is 16.7. The third-order valence-electron chi connectivity index (χ3n) is 5.13. The van der Waals surface area contributed by atoms with Gasteiger partial charge in [0.25, 0.3) is 5.56 Å². The van der Waals surface area contributed by atoms with Gasteiger partial charge in [0.05, 0.1) is 12.9 Å². The van der Waals surface area contributed by atoms with Gasteiger partial charge in [-0.05, 0) is 42.7 Å². The fraction of sp³-hybridized carbons (Fsp3) is 0.318. The zero-order valence-corrected chi connectivity index (χ0v) is 17.6. The summed E-state index contributed by atoms with van der Waals surface area (Å²) in [5.74, 6) is -1.63. The lowest BCUT2D eigenvalue weighted by Crippen LogP contribution is -2.42. The van der Waals surface area contributed by atoms with Crippen LogP contribution in [-0.4, -0.2) is 64.8 Å². The summed E-state index contributed by atoms with van der Waals surface area (Å²) in [5.41, 5.74) is 0.718. The highest BCUT2D eigenvalue weighted by Gasteiger charge is 2.32. The Balaban J connectivity index is 0.000000509. The molecule has 1 atom stereocenters. The summed E-state index contributed by atoms with van der Waals surface area (Å²) in [6.45, 7) is 4.03. The molecule has 2 aliphatic heterocycles. The maximum atomic E-state index is 12.4. The van der Waals surface area contributed by atoms with Crippen LogP contribution in [0.15, 0.2) is 46.2 Å². The average Bonchev–Trinajstić information content (AvgIpc) is 3.49. The van der Waals surface area contributed by atoms with Crippen molar-refractivity contribution >= 4 is 29.8 Å². The Morgan fingerprint density at radius 1 is 1.16 bits per heavy atom. The van der Waals surface area contributed by atoms with E-state index in [9.17, 15) is 19.2 Å². The van der Waals surface area contributed by atoms with E-state index >= 15 is 0 Å². The van der Waals surface area contributed by atoms with Gasteiger partial charge in [-0.1, -0.05) is 12.1 Å². The molecule has 1 saturated heterocycles. The minimum atomic E-state index is -1.28. The van der Waals surface area contributed by atoms with Gasteiger partial charge < -0.3 is 25.6 Å². The second-order valence-corrected chi connectivity index (χ2v) is 7.35. The van der Waals surface area contributed by atoms with E-state index in [-0.39, 0.29) is 17.4 Å². The van der Waals surface area contributed by atoms with E-state index in [4.69, 9.17) is 5.11 Å². The van der Waals surface area contributed by atoms with Crippen molar-refractivity contribution in [2.24, 2.45) is 4.99 Å². The van der Waals surface area contributed by atoms with Crippen LogP contribution in [0.3, 0.4) is 0 Å². The quantitative estimate of drug-likeness (QED) is 0.565. The van der Waals surface area contributed by atoms with Crippen molar-refractivity contribution in [3.8, 4) is 11.3 Å². The second kappa shape index (κ2) is 10.4. The molecule has 3 heterocycles. The second-order valence-electron chi connectivity index (χ2n) is 7.35. The third-order valence-corrected chi connectivity index (χ3v) is 5.13. The number of rotatable bonds is 4. The van der Waals surface area contributed by atoms with Crippen LogP contribution in [0.5, 0.6) is 0 Å². The predicted octanol–water partition coefficient (Wildman–Crippen LogP) is 1.31. The van der Waals surface area contributed by atoms with Gasteiger partial charge in [0.1, 0.15) is 11.6 Å². The molecule has 2 amide bonds. The van der Waals surface area contributed by atoms with E-state index in [0.29, 0.717) is 29.9 Å². The molecule has 0 unspecified atom stereocenters. The molecule has 10 heteroatoms. The van der Waals surface area contributed by atoms with Gasteiger partial charge in [-0.15, -0.1) is 0 Å². The molecule has 1 fully saturated rings. The third kappa shape index (κ3) is 5.60. The molecule has 0 spiro atoms. The Morgan fingerprint density at radius 2 is 1.91 bits per heavy atom. The number of benzene rings is 1. The van der Waals surface area contributed by atoms with Gasteiger partial charge in [-0.2, -0.15) is 0 Å². The topological polar surface area (TPSA) is 144 Å². The first kappa shape index (κ1) is 22.7. The van der Waals surface area contributed by atoms with Crippen LogP contribution < -0.4 is 16.2 Å². The van der Waals surface area contributed by atoms with E-state index in [2.05, 4.69) is 20.6 Å². The largest absolute Gasteiger partial charge is 0.477 e. The molecule has 0 saturated carbocycles. The van der Waals surface area contributed by atoms with Crippen LogP contribution in [0.2, 0.25) is 0 Å². The molecule has 2 aromatic rings. The summed E-state index contributed by atoms with van der Waals surface area (Å²) in [6.07, 6.45) is 3.18. The number of pyridine rings is 1. The number of amides is 2. The molecule has 0 bridgehead atoms. The number of aromatic amines is 1. The van der Waals surface area contributed by atoms with Crippen LogP contribution in [0, 0.1) is 0 Å². The Kier molecular flexibility index (Phi) is 7.37. The average molecular weight is 439 g/mol. The van der Waals surface area contributed by atoms with E-state index in [0.717, 1.165) is 19.5 Å². The lowest BCUT2D eigenvalue weighted by atomic mass is 10.1. The summed E-state index contributed by atoms with van der Waals surface area (Å²) in [5, 5.41) is 14.6. The maximum Gasteiger partial charge on any atom is 0.341 e. The van der Waals surface area contributed by atoms with Crippen molar-refractivity contribution < 1.29 is 19.5 Å². The smallest absolute Gasteiger partial charge is 0.341 e. The van der Waals surface area contributed by atoms with Gasteiger partial charge in [-0.25, -0.2) is 4.79 Å². The number of aromatic carboxylic acids is 1. The van der Waals surface area contributed by atoms with Crippen molar-refractivity contribution in [1.29, 1.82) is 0 Å². The number of carboxylic acids is 1. The van der Waals surface area contributed by atoms with Crippen LogP contribution in [0.25, 0.3) is 11.3 Å². The minimum Gasteiger partial charge on any atom is -0.477 e. The highest BCUT2D eigenvalue weighted by atomic mass is 16.4.